The molecule has 0 atom stereocenters. The topological polar surface area (TPSA) is 42.0 Å². The third-order valence-electron chi connectivity index (χ3n) is 2.59. The van der Waals surface area contributed by atoms with E-state index >= 15 is 0 Å². The van der Waals surface area contributed by atoms with Crippen molar-refractivity contribution in [1.82, 2.24) is 4.98 Å². The van der Waals surface area contributed by atoms with Crippen LogP contribution in [0.4, 0.5) is 5.69 Å². The van der Waals surface area contributed by atoms with Crippen molar-refractivity contribution in [2.75, 3.05) is 5.32 Å². The lowest BCUT2D eigenvalue weighted by atomic mass is 10.1. The Bertz CT molecular complexity index is 514. The summed E-state index contributed by atoms with van der Waals surface area (Å²) in [4.78, 5) is 15.8. The second-order valence-electron chi connectivity index (χ2n) is 3.70. The van der Waals surface area contributed by atoms with Gasteiger partial charge in [-0.15, -0.1) is 12.4 Å². The van der Waals surface area contributed by atoms with E-state index in [-0.39, 0.29) is 18.3 Å². The van der Waals surface area contributed by atoms with Crippen LogP contribution in [0.3, 0.4) is 0 Å². The van der Waals surface area contributed by atoms with E-state index in [9.17, 15) is 4.79 Å². The van der Waals surface area contributed by atoms with E-state index < -0.39 is 0 Å². The second-order valence-corrected chi connectivity index (χ2v) is 3.70. The Kier molecular flexibility index (Phi) is 5.33. The van der Waals surface area contributed by atoms with Crippen LogP contribution >= 0.6 is 12.4 Å². The molecule has 1 aromatic carbocycles. The molecule has 0 aliphatic heterocycles. The first kappa shape index (κ1) is 14.2. The molecule has 0 bridgehead atoms. The van der Waals surface area contributed by atoms with Crippen LogP contribution in [0.25, 0.3) is 0 Å². The summed E-state index contributed by atoms with van der Waals surface area (Å²) in [5, 5.41) is 2.91. The molecule has 0 saturated heterocycles. The van der Waals surface area contributed by atoms with Crippen LogP contribution in [0.5, 0.6) is 0 Å². The standard InChI is InChI=1S/C14H14N2O.ClH/c1-2-11-5-3-4-6-13(11)16-14(17)12-7-9-15-10-8-12;/h3-10H,2H2,1H3,(H,16,17);1H. The summed E-state index contributed by atoms with van der Waals surface area (Å²) in [6.45, 7) is 2.07. The van der Waals surface area contributed by atoms with Crippen LogP contribution in [0.2, 0.25) is 0 Å². The summed E-state index contributed by atoms with van der Waals surface area (Å²) >= 11 is 0. The Balaban J connectivity index is 0.00000162. The molecule has 3 nitrogen and oxygen atoms in total. The number of nitrogens with zero attached hydrogens (tertiary/aromatic N) is 1. The Morgan fingerprint density at radius 3 is 2.50 bits per heavy atom. The third kappa shape index (κ3) is 3.31. The molecule has 0 saturated carbocycles. The number of halogens is 1. The van der Waals surface area contributed by atoms with Gasteiger partial charge in [0.25, 0.3) is 5.91 Å². The summed E-state index contributed by atoms with van der Waals surface area (Å²) in [6, 6.07) is 11.2. The highest BCUT2D eigenvalue weighted by Gasteiger charge is 2.07. The Morgan fingerprint density at radius 1 is 1.17 bits per heavy atom. The summed E-state index contributed by atoms with van der Waals surface area (Å²) in [5.74, 6) is -0.103. The van der Waals surface area contributed by atoms with Crippen molar-refractivity contribution in [3.05, 3.63) is 59.9 Å². The molecule has 94 valence electrons. The maximum atomic E-state index is 11.9. The number of aryl methyl sites for hydroxylation is 1. The molecule has 1 amide bonds. The fourth-order valence-electron chi connectivity index (χ4n) is 1.65. The highest BCUT2D eigenvalue weighted by molar-refractivity contribution is 6.04. The van der Waals surface area contributed by atoms with Gasteiger partial charge < -0.3 is 5.32 Å². The molecule has 0 unspecified atom stereocenters. The highest BCUT2D eigenvalue weighted by atomic mass is 35.5. The van der Waals surface area contributed by atoms with Crippen LogP contribution in [0.15, 0.2) is 48.8 Å². The van der Waals surface area contributed by atoms with E-state index in [1.807, 2.05) is 24.3 Å². The lowest BCUT2D eigenvalue weighted by Crippen LogP contribution is -2.13. The fourth-order valence-corrected chi connectivity index (χ4v) is 1.65. The van der Waals surface area contributed by atoms with Gasteiger partial charge in [-0.2, -0.15) is 0 Å². The Morgan fingerprint density at radius 2 is 1.83 bits per heavy atom. The highest BCUT2D eigenvalue weighted by Crippen LogP contribution is 2.16. The molecule has 0 spiro atoms. The van der Waals surface area contributed by atoms with Crippen molar-refractivity contribution < 1.29 is 4.79 Å². The number of para-hydroxylation sites is 1. The average Bonchev–Trinajstić information content (AvgIpc) is 2.40. The van der Waals surface area contributed by atoms with E-state index in [2.05, 4.69) is 17.2 Å². The average molecular weight is 263 g/mol. The van der Waals surface area contributed by atoms with E-state index in [0.717, 1.165) is 17.7 Å². The number of benzene rings is 1. The van der Waals surface area contributed by atoms with Crippen molar-refractivity contribution in [2.24, 2.45) is 0 Å². The SMILES string of the molecule is CCc1ccccc1NC(=O)c1ccncc1.Cl. The van der Waals surface area contributed by atoms with E-state index in [1.165, 1.54) is 0 Å². The van der Waals surface area contributed by atoms with Gasteiger partial charge in [-0.05, 0) is 30.2 Å². The van der Waals surface area contributed by atoms with Gasteiger partial charge in [0.2, 0.25) is 0 Å². The Hall–Kier alpha value is -1.87. The van der Waals surface area contributed by atoms with Gasteiger partial charge in [-0.25, -0.2) is 0 Å². The van der Waals surface area contributed by atoms with Crippen LogP contribution in [0.1, 0.15) is 22.8 Å². The van der Waals surface area contributed by atoms with Crippen LogP contribution in [-0.4, -0.2) is 10.9 Å². The lowest BCUT2D eigenvalue weighted by Gasteiger charge is -2.09. The predicted octanol–water partition coefficient (Wildman–Crippen LogP) is 3.32. The van der Waals surface area contributed by atoms with Crippen molar-refractivity contribution >= 4 is 24.0 Å². The number of rotatable bonds is 3. The monoisotopic (exact) mass is 262 g/mol. The zero-order valence-corrected chi connectivity index (χ0v) is 10.9. The van der Waals surface area contributed by atoms with Crippen molar-refractivity contribution in [1.29, 1.82) is 0 Å². The summed E-state index contributed by atoms with van der Waals surface area (Å²) in [7, 11) is 0. The first-order valence-electron chi connectivity index (χ1n) is 5.60. The van der Waals surface area contributed by atoms with Gasteiger partial charge in [0.15, 0.2) is 0 Å². The summed E-state index contributed by atoms with van der Waals surface area (Å²) in [5.41, 5.74) is 2.62. The number of carbonyl (C=O) groups is 1. The normalized spacial score (nSPS) is 9.39. The number of nitrogens with one attached hydrogen (secondary N) is 1. The first-order chi connectivity index (χ1) is 8.31. The molecule has 1 heterocycles. The first-order valence-corrected chi connectivity index (χ1v) is 5.60. The number of hydrogen-bond acceptors (Lipinski definition) is 2. The van der Waals surface area contributed by atoms with Crippen molar-refractivity contribution in [2.45, 2.75) is 13.3 Å². The maximum absolute atomic E-state index is 11.9. The van der Waals surface area contributed by atoms with Gasteiger partial charge in [0.1, 0.15) is 0 Å². The number of amides is 1. The number of anilines is 1. The molecule has 2 aromatic rings. The Labute approximate surface area is 113 Å². The van der Waals surface area contributed by atoms with Crippen LogP contribution in [0, 0.1) is 0 Å². The smallest absolute Gasteiger partial charge is 0.255 e. The van der Waals surface area contributed by atoms with Gasteiger partial charge in [0, 0.05) is 23.6 Å². The summed E-state index contributed by atoms with van der Waals surface area (Å²) in [6.07, 6.45) is 4.12. The largest absolute Gasteiger partial charge is 0.322 e. The molecule has 1 N–H and O–H groups in total. The zero-order valence-electron chi connectivity index (χ0n) is 10.1. The fraction of sp³-hybridized carbons (Fsp3) is 0.143. The molecule has 1 aromatic heterocycles. The minimum Gasteiger partial charge on any atom is -0.322 e. The molecular weight excluding hydrogens is 248 g/mol. The van der Waals surface area contributed by atoms with E-state index in [4.69, 9.17) is 0 Å². The van der Waals surface area contributed by atoms with Gasteiger partial charge in [-0.3, -0.25) is 9.78 Å². The minimum absolute atomic E-state index is 0. The quantitative estimate of drug-likeness (QED) is 0.922. The van der Waals surface area contributed by atoms with Gasteiger partial charge >= 0.3 is 0 Å². The van der Waals surface area contributed by atoms with Gasteiger partial charge in [0.05, 0.1) is 0 Å². The molecule has 0 radical (unpaired) electrons. The number of hydrogen-bond donors (Lipinski definition) is 1. The predicted molar refractivity (Wildman–Crippen MR) is 75.3 cm³/mol. The van der Waals surface area contributed by atoms with Crippen LogP contribution in [-0.2, 0) is 6.42 Å². The van der Waals surface area contributed by atoms with E-state index in [0.29, 0.717) is 5.56 Å². The van der Waals surface area contributed by atoms with Crippen molar-refractivity contribution in [3.63, 3.8) is 0 Å². The minimum atomic E-state index is -0.103. The molecule has 0 aliphatic carbocycles. The molecule has 0 aliphatic rings. The number of carbonyl (C=O) groups excluding carboxylic acids is 1. The summed E-state index contributed by atoms with van der Waals surface area (Å²) < 4.78 is 0. The third-order valence-corrected chi connectivity index (χ3v) is 2.59. The lowest BCUT2D eigenvalue weighted by molar-refractivity contribution is 0.102. The van der Waals surface area contributed by atoms with Gasteiger partial charge in [-0.1, -0.05) is 25.1 Å². The van der Waals surface area contributed by atoms with Crippen molar-refractivity contribution in [3.8, 4) is 0 Å². The molecular formula is C14H15ClN2O. The molecule has 4 heteroatoms. The zero-order chi connectivity index (χ0) is 12.1. The maximum Gasteiger partial charge on any atom is 0.255 e. The number of pyridine rings is 1. The molecule has 18 heavy (non-hydrogen) atoms. The molecule has 0 fully saturated rings. The van der Waals surface area contributed by atoms with Crippen LogP contribution < -0.4 is 5.32 Å². The second kappa shape index (κ2) is 6.77. The molecule has 2 rings (SSSR count). The number of aromatic nitrogens is 1. The van der Waals surface area contributed by atoms with E-state index in [1.54, 1.807) is 24.5 Å².